The lowest BCUT2D eigenvalue weighted by Crippen LogP contribution is -2.15. The van der Waals surface area contributed by atoms with Gasteiger partial charge < -0.3 is 5.32 Å². The molecule has 1 aliphatic carbocycles. The van der Waals surface area contributed by atoms with E-state index in [4.69, 9.17) is 0 Å². The summed E-state index contributed by atoms with van der Waals surface area (Å²) in [5.74, 6) is 0. The molecule has 0 bridgehead atoms. The Bertz CT molecular complexity index is 568. The summed E-state index contributed by atoms with van der Waals surface area (Å²) in [6.07, 6.45) is 4.63. The second-order valence-corrected chi connectivity index (χ2v) is 5.50. The molecule has 1 saturated carbocycles. The molecular formula is C17H20N2. The molecule has 1 aliphatic rings. The van der Waals surface area contributed by atoms with Gasteiger partial charge in [-0.15, -0.1) is 0 Å². The number of hydrogen-bond acceptors (Lipinski definition) is 2. The summed E-state index contributed by atoms with van der Waals surface area (Å²) in [5.41, 5.74) is 6.24. The van der Waals surface area contributed by atoms with Crippen LogP contribution in [-0.4, -0.2) is 11.0 Å². The molecule has 0 unspecified atom stereocenters. The summed E-state index contributed by atoms with van der Waals surface area (Å²) >= 11 is 0. The number of benzene rings is 1. The van der Waals surface area contributed by atoms with E-state index in [0.29, 0.717) is 0 Å². The number of nitrogens with one attached hydrogen (secondary N) is 1. The highest BCUT2D eigenvalue weighted by molar-refractivity contribution is 5.67. The van der Waals surface area contributed by atoms with Gasteiger partial charge in [-0.25, -0.2) is 0 Å². The van der Waals surface area contributed by atoms with Gasteiger partial charge in [0.1, 0.15) is 0 Å². The van der Waals surface area contributed by atoms with Gasteiger partial charge >= 0.3 is 0 Å². The maximum atomic E-state index is 4.41. The molecule has 2 nitrogen and oxygen atoms in total. The van der Waals surface area contributed by atoms with Crippen LogP contribution < -0.4 is 5.32 Å². The molecule has 2 aromatic rings. The average molecular weight is 252 g/mol. The van der Waals surface area contributed by atoms with Crippen LogP contribution in [0.5, 0.6) is 0 Å². The first-order valence-corrected chi connectivity index (χ1v) is 6.98. The summed E-state index contributed by atoms with van der Waals surface area (Å²) in [6, 6.07) is 11.7. The van der Waals surface area contributed by atoms with E-state index in [9.17, 15) is 0 Å². The molecule has 1 heterocycles. The topological polar surface area (TPSA) is 24.9 Å². The zero-order valence-electron chi connectivity index (χ0n) is 11.6. The number of hydrogen-bond donors (Lipinski definition) is 1. The molecular weight excluding hydrogens is 232 g/mol. The Morgan fingerprint density at radius 3 is 2.68 bits per heavy atom. The van der Waals surface area contributed by atoms with Gasteiger partial charge in [0.2, 0.25) is 0 Å². The van der Waals surface area contributed by atoms with Crippen LogP contribution in [0.2, 0.25) is 0 Å². The van der Waals surface area contributed by atoms with Crippen molar-refractivity contribution in [2.75, 3.05) is 0 Å². The number of aromatic nitrogens is 1. The Balaban J connectivity index is 1.92. The van der Waals surface area contributed by atoms with E-state index in [1.807, 2.05) is 13.1 Å². The third-order valence-corrected chi connectivity index (χ3v) is 3.65. The molecule has 1 aromatic carbocycles. The van der Waals surface area contributed by atoms with Crippen molar-refractivity contribution < 1.29 is 0 Å². The lowest BCUT2D eigenvalue weighted by Gasteiger charge is -2.12. The van der Waals surface area contributed by atoms with Crippen molar-refractivity contribution >= 4 is 0 Å². The first-order chi connectivity index (χ1) is 9.22. The molecule has 3 rings (SSSR count). The van der Waals surface area contributed by atoms with Gasteiger partial charge in [0.05, 0.1) is 0 Å². The van der Waals surface area contributed by atoms with E-state index in [1.54, 1.807) is 0 Å². The molecule has 1 aromatic heterocycles. The maximum Gasteiger partial charge on any atom is 0.0373 e. The maximum absolute atomic E-state index is 4.41. The molecule has 98 valence electrons. The van der Waals surface area contributed by atoms with Crippen molar-refractivity contribution in [2.45, 2.75) is 39.3 Å². The Hall–Kier alpha value is -1.67. The minimum atomic E-state index is 0.741. The predicted octanol–water partition coefficient (Wildman–Crippen LogP) is 3.62. The van der Waals surface area contributed by atoms with E-state index in [-0.39, 0.29) is 0 Å². The Labute approximate surface area is 114 Å². The summed E-state index contributed by atoms with van der Waals surface area (Å²) < 4.78 is 0. The van der Waals surface area contributed by atoms with Crippen LogP contribution in [0.15, 0.2) is 36.5 Å². The highest BCUT2D eigenvalue weighted by Gasteiger charge is 2.20. The lowest BCUT2D eigenvalue weighted by atomic mass is 9.98. The van der Waals surface area contributed by atoms with Crippen molar-refractivity contribution in [3.8, 4) is 11.1 Å². The second-order valence-electron chi connectivity index (χ2n) is 5.50. The standard InChI is InChI=1S/C17H20N2/c1-12-3-5-14(11-19-16-7-8-16)17(9-12)15-6-4-13(2)18-10-15/h3-6,9-10,16,19H,7-8,11H2,1-2H3. The highest BCUT2D eigenvalue weighted by atomic mass is 14.9. The Kier molecular flexibility index (Phi) is 3.34. The molecule has 0 amide bonds. The molecule has 0 spiro atoms. The second kappa shape index (κ2) is 5.14. The molecule has 19 heavy (non-hydrogen) atoms. The van der Waals surface area contributed by atoms with E-state index in [2.05, 4.69) is 47.6 Å². The van der Waals surface area contributed by atoms with E-state index >= 15 is 0 Å². The van der Waals surface area contributed by atoms with Gasteiger partial charge in [-0.1, -0.05) is 29.8 Å². The lowest BCUT2D eigenvalue weighted by molar-refractivity contribution is 0.688. The van der Waals surface area contributed by atoms with Crippen molar-refractivity contribution in [2.24, 2.45) is 0 Å². The van der Waals surface area contributed by atoms with Crippen LogP contribution in [0, 0.1) is 13.8 Å². The minimum Gasteiger partial charge on any atom is -0.310 e. The van der Waals surface area contributed by atoms with Gasteiger partial charge in [-0.2, -0.15) is 0 Å². The van der Waals surface area contributed by atoms with Crippen LogP contribution in [-0.2, 0) is 6.54 Å². The largest absolute Gasteiger partial charge is 0.310 e. The zero-order valence-corrected chi connectivity index (χ0v) is 11.6. The van der Waals surface area contributed by atoms with Crippen molar-refractivity contribution in [1.29, 1.82) is 0 Å². The van der Waals surface area contributed by atoms with Gasteiger partial charge in [0.15, 0.2) is 0 Å². The summed E-state index contributed by atoms with van der Waals surface area (Å²) in [4.78, 5) is 4.41. The van der Waals surface area contributed by atoms with E-state index < -0.39 is 0 Å². The van der Waals surface area contributed by atoms with Crippen LogP contribution in [0.3, 0.4) is 0 Å². The number of rotatable bonds is 4. The van der Waals surface area contributed by atoms with Crippen molar-refractivity contribution in [3.05, 3.63) is 53.3 Å². The summed E-state index contributed by atoms with van der Waals surface area (Å²) in [5, 5.41) is 3.59. The average Bonchev–Trinajstić information content (AvgIpc) is 3.22. The van der Waals surface area contributed by atoms with Gasteiger partial charge in [0, 0.05) is 30.0 Å². The fourth-order valence-corrected chi connectivity index (χ4v) is 2.28. The SMILES string of the molecule is Cc1ccc(CNC2CC2)c(-c2ccc(C)nc2)c1. The van der Waals surface area contributed by atoms with Crippen LogP contribution >= 0.6 is 0 Å². The van der Waals surface area contributed by atoms with Gasteiger partial charge in [-0.05, 0) is 43.9 Å². The van der Waals surface area contributed by atoms with E-state index in [0.717, 1.165) is 18.3 Å². The molecule has 0 saturated heterocycles. The fraction of sp³-hybridized carbons (Fsp3) is 0.353. The fourth-order valence-electron chi connectivity index (χ4n) is 2.28. The predicted molar refractivity (Wildman–Crippen MR) is 79.0 cm³/mol. The highest BCUT2D eigenvalue weighted by Crippen LogP contribution is 2.26. The third-order valence-electron chi connectivity index (χ3n) is 3.65. The Morgan fingerprint density at radius 1 is 1.16 bits per heavy atom. The first kappa shape index (κ1) is 12.4. The Morgan fingerprint density at radius 2 is 2.00 bits per heavy atom. The van der Waals surface area contributed by atoms with E-state index in [1.165, 1.54) is 35.1 Å². The van der Waals surface area contributed by atoms with Crippen LogP contribution in [0.25, 0.3) is 11.1 Å². The van der Waals surface area contributed by atoms with Crippen LogP contribution in [0.1, 0.15) is 29.7 Å². The zero-order chi connectivity index (χ0) is 13.2. The van der Waals surface area contributed by atoms with Crippen molar-refractivity contribution in [1.82, 2.24) is 10.3 Å². The monoisotopic (exact) mass is 252 g/mol. The van der Waals surface area contributed by atoms with Crippen LogP contribution in [0.4, 0.5) is 0 Å². The van der Waals surface area contributed by atoms with Crippen molar-refractivity contribution in [3.63, 3.8) is 0 Å². The first-order valence-electron chi connectivity index (χ1n) is 6.98. The van der Waals surface area contributed by atoms with Gasteiger partial charge in [0.25, 0.3) is 0 Å². The number of pyridine rings is 1. The molecule has 2 heteroatoms. The molecule has 0 radical (unpaired) electrons. The van der Waals surface area contributed by atoms with Gasteiger partial charge in [-0.3, -0.25) is 4.98 Å². The smallest absolute Gasteiger partial charge is 0.0373 e. The molecule has 1 fully saturated rings. The summed E-state index contributed by atoms with van der Waals surface area (Å²) in [6.45, 7) is 5.12. The summed E-state index contributed by atoms with van der Waals surface area (Å²) in [7, 11) is 0. The quantitative estimate of drug-likeness (QED) is 0.899. The molecule has 0 aliphatic heterocycles. The minimum absolute atomic E-state index is 0.741. The number of nitrogens with zero attached hydrogens (tertiary/aromatic N) is 1. The molecule has 0 atom stereocenters. The number of aryl methyl sites for hydroxylation is 2. The normalized spacial score (nSPS) is 14.6. The molecule has 1 N–H and O–H groups in total. The third kappa shape index (κ3) is 3.02.